The van der Waals surface area contributed by atoms with Crippen LogP contribution >= 0.6 is 0 Å². The lowest BCUT2D eigenvalue weighted by Gasteiger charge is -2.34. The molecular formula is C32H42F4N6O4. The highest BCUT2D eigenvalue weighted by Gasteiger charge is 2.35. The summed E-state index contributed by atoms with van der Waals surface area (Å²) in [6, 6.07) is 4.46. The maximum Gasteiger partial charge on any atom is 0.408 e. The second kappa shape index (κ2) is 15.7. The Morgan fingerprint density at radius 3 is 2.35 bits per heavy atom. The molecule has 3 amide bonds. The quantitative estimate of drug-likeness (QED) is 0.263. The lowest BCUT2D eigenvalue weighted by molar-refractivity contribution is -0.142. The summed E-state index contributed by atoms with van der Waals surface area (Å²) >= 11 is 0. The number of rotatable bonds is 12. The first-order valence-electron chi connectivity index (χ1n) is 15.8. The summed E-state index contributed by atoms with van der Waals surface area (Å²) < 4.78 is 55.1. The fourth-order valence-corrected chi connectivity index (χ4v) is 6.17. The van der Waals surface area contributed by atoms with Crippen molar-refractivity contribution in [2.24, 2.45) is 11.8 Å². The Kier molecular flexibility index (Phi) is 11.9. The number of amides is 3. The Labute approximate surface area is 265 Å². The van der Waals surface area contributed by atoms with Crippen LogP contribution in [-0.4, -0.2) is 88.5 Å². The summed E-state index contributed by atoms with van der Waals surface area (Å²) in [7, 11) is 1.96. The van der Waals surface area contributed by atoms with Crippen LogP contribution in [0, 0.1) is 17.7 Å². The number of carbonyl (C=O) groups is 4. The number of benzene rings is 1. The largest absolute Gasteiger partial charge is 0.408 e. The van der Waals surface area contributed by atoms with Crippen molar-refractivity contribution in [3.05, 3.63) is 47.5 Å². The van der Waals surface area contributed by atoms with Crippen LogP contribution in [0.2, 0.25) is 0 Å². The van der Waals surface area contributed by atoms with Crippen LogP contribution in [0.3, 0.4) is 0 Å². The van der Waals surface area contributed by atoms with E-state index in [0.717, 1.165) is 25.5 Å². The van der Waals surface area contributed by atoms with Crippen molar-refractivity contribution < 1.29 is 36.7 Å². The number of hydrogen-bond acceptors (Lipinski definition) is 6. The van der Waals surface area contributed by atoms with E-state index in [2.05, 4.69) is 20.6 Å². The standard InChI is InChI=1S/C32H42F4N6O4/c1-3-29(44)38-26(31(46)41-15-13-40(2)14-16-41)18-21-9-10-25(24(33)17-21)39-30(45)23(22-7-5-4-6-8-22)19-28(43)27-11-12-37-42(27)20-32(34,35)36/h9-12,17,22-23,26H,3-8,13-16,18-20H2,1-2H3,(H,38,44)(H,39,45)/t23-,26+/m0/s1. The predicted octanol–water partition coefficient (Wildman–Crippen LogP) is 4.20. The molecule has 252 valence electrons. The summed E-state index contributed by atoms with van der Waals surface area (Å²) in [6.07, 6.45) is 0.431. The molecule has 1 aliphatic heterocycles. The molecule has 1 saturated carbocycles. The van der Waals surface area contributed by atoms with Gasteiger partial charge < -0.3 is 20.4 Å². The van der Waals surface area contributed by atoms with E-state index >= 15 is 4.39 Å². The van der Waals surface area contributed by atoms with Gasteiger partial charge in [-0.05, 0) is 49.6 Å². The number of ketones is 1. The monoisotopic (exact) mass is 650 g/mol. The number of halogens is 4. The van der Waals surface area contributed by atoms with Crippen molar-refractivity contribution in [2.75, 3.05) is 38.5 Å². The minimum atomic E-state index is -4.58. The summed E-state index contributed by atoms with van der Waals surface area (Å²) in [5.41, 5.74) is 0.0808. The minimum Gasteiger partial charge on any atom is -0.344 e. The molecule has 0 radical (unpaired) electrons. The van der Waals surface area contributed by atoms with Gasteiger partial charge in [0, 0.05) is 57.6 Å². The van der Waals surface area contributed by atoms with Gasteiger partial charge in [0.1, 0.15) is 24.1 Å². The molecule has 1 aromatic carbocycles. The number of Topliss-reactive ketones (excluding diaryl/α,β-unsaturated/α-hetero) is 1. The molecule has 14 heteroatoms. The summed E-state index contributed by atoms with van der Waals surface area (Å²) in [5.74, 6) is -3.61. The van der Waals surface area contributed by atoms with E-state index in [0.29, 0.717) is 49.3 Å². The number of nitrogens with one attached hydrogen (secondary N) is 2. The number of nitrogens with zero attached hydrogens (tertiary/aromatic N) is 4. The van der Waals surface area contributed by atoms with Gasteiger partial charge in [-0.25, -0.2) is 4.39 Å². The maximum atomic E-state index is 15.4. The number of hydrogen-bond donors (Lipinski definition) is 2. The number of carbonyl (C=O) groups excluding carboxylic acids is 4. The van der Waals surface area contributed by atoms with E-state index in [1.807, 2.05) is 7.05 Å². The first-order valence-corrected chi connectivity index (χ1v) is 15.8. The average molecular weight is 651 g/mol. The second-order valence-electron chi connectivity index (χ2n) is 12.2. The summed E-state index contributed by atoms with van der Waals surface area (Å²) in [6.45, 7) is 2.69. The summed E-state index contributed by atoms with van der Waals surface area (Å²) in [4.78, 5) is 56.0. The van der Waals surface area contributed by atoms with E-state index in [1.54, 1.807) is 17.9 Å². The lowest BCUT2D eigenvalue weighted by Crippen LogP contribution is -2.54. The van der Waals surface area contributed by atoms with Gasteiger partial charge in [-0.2, -0.15) is 18.3 Å². The molecule has 46 heavy (non-hydrogen) atoms. The maximum absolute atomic E-state index is 15.4. The van der Waals surface area contributed by atoms with E-state index in [-0.39, 0.29) is 48.4 Å². The molecule has 1 aliphatic carbocycles. The molecule has 2 fully saturated rings. The normalized spacial score (nSPS) is 17.7. The summed E-state index contributed by atoms with van der Waals surface area (Å²) in [5, 5.41) is 8.98. The first kappa shape index (κ1) is 35.1. The molecule has 2 N–H and O–H groups in total. The molecule has 1 aromatic heterocycles. The molecule has 0 spiro atoms. The van der Waals surface area contributed by atoms with Gasteiger partial charge in [-0.3, -0.25) is 23.9 Å². The fourth-order valence-electron chi connectivity index (χ4n) is 6.17. The first-order chi connectivity index (χ1) is 21.8. The van der Waals surface area contributed by atoms with Crippen molar-refractivity contribution in [1.82, 2.24) is 24.9 Å². The molecule has 2 atom stereocenters. The zero-order valence-electron chi connectivity index (χ0n) is 26.2. The SMILES string of the molecule is CCC(=O)N[C@H](Cc1ccc(NC(=O)[C@@H](CC(=O)c2ccnn2CC(F)(F)F)C2CCCCC2)c(F)c1)C(=O)N1CCN(C)CC1. The Bertz CT molecular complexity index is 1380. The van der Waals surface area contributed by atoms with Crippen LogP contribution in [0.15, 0.2) is 30.5 Å². The molecule has 2 aliphatic rings. The van der Waals surface area contributed by atoms with Gasteiger partial charge >= 0.3 is 6.18 Å². The predicted molar refractivity (Wildman–Crippen MR) is 162 cm³/mol. The molecule has 2 heterocycles. The Morgan fingerprint density at radius 2 is 1.72 bits per heavy atom. The fraction of sp³-hybridized carbons (Fsp3) is 0.594. The number of aromatic nitrogens is 2. The van der Waals surface area contributed by atoms with Crippen LogP contribution in [0.1, 0.15) is 67.9 Å². The minimum absolute atomic E-state index is 0.0485. The van der Waals surface area contributed by atoms with Gasteiger partial charge in [0.05, 0.1) is 5.69 Å². The highest BCUT2D eigenvalue weighted by molar-refractivity contribution is 6.00. The van der Waals surface area contributed by atoms with E-state index < -0.39 is 42.2 Å². The smallest absolute Gasteiger partial charge is 0.344 e. The Balaban J connectivity index is 1.48. The van der Waals surface area contributed by atoms with Gasteiger partial charge in [0.2, 0.25) is 17.7 Å². The highest BCUT2D eigenvalue weighted by Crippen LogP contribution is 2.34. The second-order valence-corrected chi connectivity index (χ2v) is 12.2. The molecule has 0 bridgehead atoms. The van der Waals surface area contributed by atoms with Gasteiger partial charge in [-0.15, -0.1) is 0 Å². The number of piperazine rings is 1. The van der Waals surface area contributed by atoms with Gasteiger partial charge in [0.15, 0.2) is 5.78 Å². The van der Waals surface area contributed by atoms with Crippen molar-refractivity contribution in [3.8, 4) is 0 Å². The van der Waals surface area contributed by atoms with Gasteiger partial charge in [0.25, 0.3) is 0 Å². The van der Waals surface area contributed by atoms with Crippen molar-refractivity contribution >= 4 is 29.2 Å². The highest BCUT2D eigenvalue weighted by atomic mass is 19.4. The van der Waals surface area contributed by atoms with Crippen LogP contribution in [0.25, 0.3) is 0 Å². The van der Waals surface area contributed by atoms with Crippen LogP contribution < -0.4 is 10.6 Å². The molecule has 4 rings (SSSR count). The molecule has 10 nitrogen and oxygen atoms in total. The van der Waals surface area contributed by atoms with Crippen LogP contribution in [-0.2, 0) is 27.3 Å². The molecule has 2 aromatic rings. The van der Waals surface area contributed by atoms with Crippen molar-refractivity contribution in [3.63, 3.8) is 0 Å². The third kappa shape index (κ3) is 9.60. The van der Waals surface area contributed by atoms with E-state index in [1.165, 1.54) is 18.2 Å². The third-order valence-electron chi connectivity index (χ3n) is 8.79. The zero-order valence-corrected chi connectivity index (χ0v) is 26.2. The lowest BCUT2D eigenvalue weighted by atomic mass is 9.77. The Hall–Kier alpha value is -3.81. The molecule has 0 unspecified atom stereocenters. The zero-order chi connectivity index (χ0) is 33.4. The van der Waals surface area contributed by atoms with E-state index in [4.69, 9.17) is 0 Å². The van der Waals surface area contributed by atoms with Crippen LogP contribution in [0.5, 0.6) is 0 Å². The van der Waals surface area contributed by atoms with Crippen molar-refractivity contribution in [1.29, 1.82) is 0 Å². The molecule has 1 saturated heterocycles. The van der Waals surface area contributed by atoms with E-state index in [9.17, 15) is 32.3 Å². The molecular weight excluding hydrogens is 608 g/mol. The van der Waals surface area contributed by atoms with Gasteiger partial charge in [-0.1, -0.05) is 32.3 Å². The topological polar surface area (TPSA) is 117 Å². The number of alkyl halides is 3. The van der Waals surface area contributed by atoms with Crippen molar-refractivity contribution in [2.45, 2.75) is 77.1 Å². The Morgan fingerprint density at radius 1 is 1.02 bits per heavy atom. The number of likely N-dealkylation sites (N-methyl/N-ethyl adjacent to an activating group) is 1. The third-order valence-corrected chi connectivity index (χ3v) is 8.79. The number of anilines is 1. The van der Waals surface area contributed by atoms with Crippen LogP contribution in [0.4, 0.5) is 23.2 Å². The average Bonchev–Trinajstić information content (AvgIpc) is 3.47.